The molecule has 1 unspecified atom stereocenters. The van der Waals surface area contributed by atoms with Crippen LogP contribution in [0.4, 0.5) is 0 Å². The van der Waals surface area contributed by atoms with Crippen LogP contribution in [-0.4, -0.2) is 41.7 Å². The fourth-order valence-corrected chi connectivity index (χ4v) is 1.94. The second-order valence-electron chi connectivity index (χ2n) is 5.10. The van der Waals surface area contributed by atoms with E-state index in [2.05, 4.69) is 4.90 Å². The van der Waals surface area contributed by atoms with Crippen molar-refractivity contribution in [1.82, 2.24) is 4.90 Å². The number of rotatable bonds is 5. The van der Waals surface area contributed by atoms with Gasteiger partial charge in [-0.05, 0) is 44.3 Å². The van der Waals surface area contributed by atoms with Gasteiger partial charge >= 0.3 is 5.97 Å². The summed E-state index contributed by atoms with van der Waals surface area (Å²) in [6.07, 6.45) is 3.39. The number of carboxylic acids is 1. The monoisotopic (exact) mass is 214 g/mol. The first-order valence-electron chi connectivity index (χ1n) is 5.64. The molecule has 0 aliphatic carbocycles. The lowest BCUT2D eigenvalue weighted by Gasteiger charge is -2.30. The maximum atomic E-state index is 10.8. The van der Waals surface area contributed by atoms with Crippen molar-refractivity contribution in [3.05, 3.63) is 0 Å². The number of hydrogen-bond acceptors (Lipinski definition) is 3. The molecule has 88 valence electrons. The molecule has 4 nitrogen and oxygen atoms in total. The summed E-state index contributed by atoms with van der Waals surface area (Å²) < 4.78 is 0. The molecule has 4 heteroatoms. The summed E-state index contributed by atoms with van der Waals surface area (Å²) in [5.74, 6) is -0.901. The molecule has 1 fully saturated rings. The van der Waals surface area contributed by atoms with Crippen LogP contribution in [0.3, 0.4) is 0 Å². The van der Waals surface area contributed by atoms with Gasteiger partial charge in [-0.1, -0.05) is 13.8 Å². The van der Waals surface area contributed by atoms with Crippen LogP contribution >= 0.6 is 0 Å². The molecule has 1 aliphatic heterocycles. The van der Waals surface area contributed by atoms with Crippen molar-refractivity contribution in [2.75, 3.05) is 19.6 Å². The van der Waals surface area contributed by atoms with Gasteiger partial charge in [-0.15, -0.1) is 0 Å². The predicted octanol–water partition coefficient (Wildman–Crippen LogP) is 0.910. The lowest BCUT2D eigenvalue weighted by Crippen LogP contribution is -2.45. The summed E-state index contributed by atoms with van der Waals surface area (Å²) in [5.41, 5.74) is 5.34. The van der Waals surface area contributed by atoms with Gasteiger partial charge in [0, 0.05) is 0 Å². The normalized spacial score (nSPS) is 20.5. The van der Waals surface area contributed by atoms with Gasteiger partial charge in [0.05, 0.1) is 0 Å². The van der Waals surface area contributed by atoms with Crippen molar-refractivity contribution in [3.63, 3.8) is 0 Å². The van der Waals surface area contributed by atoms with Crippen LogP contribution in [0.1, 0.15) is 33.1 Å². The molecule has 15 heavy (non-hydrogen) atoms. The quantitative estimate of drug-likeness (QED) is 0.714. The van der Waals surface area contributed by atoms with Crippen LogP contribution in [0.5, 0.6) is 0 Å². The van der Waals surface area contributed by atoms with Crippen LogP contribution in [0.2, 0.25) is 0 Å². The Morgan fingerprint density at radius 3 is 2.47 bits per heavy atom. The van der Waals surface area contributed by atoms with E-state index in [0.29, 0.717) is 0 Å². The largest absolute Gasteiger partial charge is 0.480 e. The third kappa shape index (κ3) is 3.47. The molecule has 1 aliphatic rings. The van der Waals surface area contributed by atoms with E-state index in [9.17, 15) is 4.79 Å². The summed E-state index contributed by atoms with van der Waals surface area (Å²) in [6, 6.07) is -0.764. The smallest absolute Gasteiger partial charge is 0.321 e. The fourth-order valence-electron chi connectivity index (χ4n) is 1.94. The highest BCUT2D eigenvalue weighted by Crippen LogP contribution is 2.25. The summed E-state index contributed by atoms with van der Waals surface area (Å²) in [5, 5.41) is 8.87. The Hall–Kier alpha value is -0.610. The molecule has 0 aromatic rings. The van der Waals surface area contributed by atoms with Gasteiger partial charge in [0.15, 0.2) is 0 Å². The zero-order chi connectivity index (χ0) is 11.5. The molecule has 1 atom stereocenters. The van der Waals surface area contributed by atoms with Crippen molar-refractivity contribution in [1.29, 1.82) is 0 Å². The second-order valence-corrected chi connectivity index (χ2v) is 5.10. The number of hydrogen-bond donors (Lipinski definition) is 2. The fraction of sp³-hybridized carbons (Fsp3) is 0.909. The summed E-state index contributed by atoms with van der Waals surface area (Å²) >= 11 is 0. The first kappa shape index (κ1) is 12.5. The van der Waals surface area contributed by atoms with Crippen LogP contribution in [0, 0.1) is 5.41 Å². The second kappa shape index (κ2) is 4.94. The van der Waals surface area contributed by atoms with Crippen molar-refractivity contribution in [2.24, 2.45) is 11.1 Å². The minimum atomic E-state index is -0.901. The minimum Gasteiger partial charge on any atom is -0.480 e. The Labute approximate surface area is 91.4 Å². The summed E-state index contributed by atoms with van der Waals surface area (Å²) in [6.45, 7) is 7.13. The van der Waals surface area contributed by atoms with Gasteiger partial charge in [-0.25, -0.2) is 0 Å². The highest BCUT2D eigenvalue weighted by molar-refractivity contribution is 5.74. The van der Waals surface area contributed by atoms with E-state index in [0.717, 1.165) is 26.1 Å². The number of nitrogens with zero attached hydrogens (tertiary/aromatic N) is 1. The number of carboxylic acid groups (broad SMARTS) is 1. The van der Waals surface area contributed by atoms with Crippen LogP contribution in [0.25, 0.3) is 0 Å². The van der Waals surface area contributed by atoms with Gasteiger partial charge in [-0.3, -0.25) is 4.79 Å². The molecule has 0 aromatic carbocycles. The minimum absolute atomic E-state index is 0.325. The molecule has 0 radical (unpaired) electrons. The number of aliphatic carboxylic acids is 1. The SMILES string of the molecule is CC(C)(CCN1CCCC1)C(N)C(=O)O. The predicted molar refractivity (Wildman–Crippen MR) is 59.7 cm³/mol. The van der Waals surface area contributed by atoms with E-state index in [1.807, 2.05) is 13.8 Å². The van der Waals surface area contributed by atoms with Gasteiger partial charge in [0.2, 0.25) is 0 Å². The van der Waals surface area contributed by atoms with Crippen molar-refractivity contribution in [3.8, 4) is 0 Å². The van der Waals surface area contributed by atoms with Gasteiger partial charge in [0.1, 0.15) is 6.04 Å². The van der Waals surface area contributed by atoms with Crippen molar-refractivity contribution < 1.29 is 9.90 Å². The van der Waals surface area contributed by atoms with Crippen LogP contribution in [0.15, 0.2) is 0 Å². The molecule has 1 heterocycles. The van der Waals surface area contributed by atoms with E-state index in [-0.39, 0.29) is 5.41 Å². The lowest BCUT2D eigenvalue weighted by molar-refractivity contribution is -0.141. The lowest BCUT2D eigenvalue weighted by atomic mass is 9.81. The van der Waals surface area contributed by atoms with E-state index >= 15 is 0 Å². The maximum absolute atomic E-state index is 10.8. The highest BCUT2D eigenvalue weighted by atomic mass is 16.4. The number of carbonyl (C=O) groups is 1. The van der Waals surface area contributed by atoms with E-state index in [1.165, 1.54) is 12.8 Å². The maximum Gasteiger partial charge on any atom is 0.321 e. The molecule has 0 amide bonds. The zero-order valence-electron chi connectivity index (χ0n) is 9.70. The molecular formula is C11H22N2O2. The Morgan fingerprint density at radius 2 is 2.00 bits per heavy atom. The highest BCUT2D eigenvalue weighted by Gasteiger charge is 2.32. The number of nitrogens with two attached hydrogens (primary N) is 1. The zero-order valence-corrected chi connectivity index (χ0v) is 9.70. The standard InChI is InChI=1S/C11H22N2O2/c1-11(2,9(12)10(14)15)5-8-13-6-3-4-7-13/h9H,3-8,12H2,1-2H3,(H,14,15). The molecular weight excluding hydrogens is 192 g/mol. The van der Waals surface area contributed by atoms with Crippen molar-refractivity contribution in [2.45, 2.75) is 39.2 Å². The van der Waals surface area contributed by atoms with Crippen LogP contribution < -0.4 is 5.73 Å². The average Bonchev–Trinajstić information content (AvgIpc) is 2.66. The third-order valence-corrected chi connectivity index (χ3v) is 3.38. The molecule has 1 rings (SSSR count). The van der Waals surface area contributed by atoms with E-state index < -0.39 is 12.0 Å². The first-order valence-corrected chi connectivity index (χ1v) is 5.64. The van der Waals surface area contributed by atoms with E-state index in [1.54, 1.807) is 0 Å². The van der Waals surface area contributed by atoms with Gasteiger partial charge in [-0.2, -0.15) is 0 Å². The Kier molecular flexibility index (Phi) is 4.11. The summed E-state index contributed by atoms with van der Waals surface area (Å²) in [7, 11) is 0. The molecule has 3 N–H and O–H groups in total. The summed E-state index contributed by atoms with van der Waals surface area (Å²) in [4.78, 5) is 13.2. The molecule has 1 saturated heterocycles. The Balaban J connectivity index is 2.37. The number of likely N-dealkylation sites (tertiary alicyclic amines) is 1. The van der Waals surface area contributed by atoms with Crippen LogP contribution in [-0.2, 0) is 4.79 Å². The third-order valence-electron chi connectivity index (χ3n) is 3.38. The molecule has 0 aromatic heterocycles. The topological polar surface area (TPSA) is 66.6 Å². The first-order chi connectivity index (χ1) is 6.93. The molecule has 0 bridgehead atoms. The molecule has 0 saturated carbocycles. The Morgan fingerprint density at radius 1 is 1.47 bits per heavy atom. The van der Waals surface area contributed by atoms with E-state index in [4.69, 9.17) is 10.8 Å². The van der Waals surface area contributed by atoms with Crippen molar-refractivity contribution >= 4 is 5.97 Å². The Bertz CT molecular complexity index is 223. The van der Waals surface area contributed by atoms with Gasteiger partial charge < -0.3 is 15.7 Å². The molecule has 0 spiro atoms. The average molecular weight is 214 g/mol. The van der Waals surface area contributed by atoms with Gasteiger partial charge in [0.25, 0.3) is 0 Å².